The Morgan fingerprint density at radius 3 is 2.07 bits per heavy atom. The van der Waals surface area contributed by atoms with Crippen LogP contribution in [-0.2, 0) is 9.53 Å². The second-order valence-corrected chi connectivity index (χ2v) is 7.65. The van der Waals surface area contributed by atoms with Crippen LogP contribution in [0.1, 0.15) is 96.5 Å². The Morgan fingerprint density at radius 1 is 0.929 bits per heavy atom. The van der Waals surface area contributed by atoms with Gasteiger partial charge in [-0.25, -0.2) is 4.79 Å². The van der Waals surface area contributed by atoms with Gasteiger partial charge in [0.15, 0.2) is 11.5 Å². The van der Waals surface area contributed by atoms with Crippen LogP contribution in [-0.4, -0.2) is 22.3 Å². The highest BCUT2D eigenvalue weighted by atomic mass is 16.5. The van der Waals surface area contributed by atoms with E-state index in [1.165, 1.54) is 82.4 Å². The van der Waals surface area contributed by atoms with Crippen molar-refractivity contribution >= 4 is 12.0 Å². The van der Waals surface area contributed by atoms with Gasteiger partial charge in [0.2, 0.25) is 0 Å². The highest BCUT2D eigenvalue weighted by molar-refractivity contribution is 5.87. The molecule has 1 atom stereocenters. The molecule has 0 radical (unpaired) electrons. The fraction of sp³-hybridized carbons (Fsp3) is 0.625. The van der Waals surface area contributed by atoms with Crippen molar-refractivity contribution in [1.82, 2.24) is 0 Å². The van der Waals surface area contributed by atoms with Gasteiger partial charge in [-0.3, -0.25) is 0 Å². The van der Waals surface area contributed by atoms with Gasteiger partial charge in [-0.2, -0.15) is 0 Å². The van der Waals surface area contributed by atoms with Gasteiger partial charge in [0.25, 0.3) is 0 Å². The summed E-state index contributed by atoms with van der Waals surface area (Å²) in [6, 6.07) is 4.40. The lowest BCUT2D eigenvalue weighted by Crippen LogP contribution is -2.12. The molecular formula is C24H38O4. The number of benzene rings is 1. The Hall–Kier alpha value is -1.97. The van der Waals surface area contributed by atoms with Crippen molar-refractivity contribution in [3.63, 3.8) is 0 Å². The highest BCUT2D eigenvalue weighted by Crippen LogP contribution is 2.25. The maximum absolute atomic E-state index is 11.9. The monoisotopic (exact) mass is 390 g/mol. The first-order valence-electron chi connectivity index (χ1n) is 10.9. The Kier molecular flexibility index (Phi) is 12.9. The molecule has 1 aromatic carbocycles. The summed E-state index contributed by atoms with van der Waals surface area (Å²) in [5.74, 6) is -0.774. The molecule has 0 aromatic heterocycles. The molecule has 0 aliphatic heterocycles. The van der Waals surface area contributed by atoms with E-state index in [4.69, 9.17) is 4.74 Å². The van der Waals surface area contributed by atoms with Gasteiger partial charge in [0, 0.05) is 6.08 Å². The molecule has 2 N–H and O–H groups in total. The van der Waals surface area contributed by atoms with Crippen LogP contribution in [0, 0.1) is 0 Å². The number of ether oxygens (including phenoxy) is 1. The summed E-state index contributed by atoms with van der Waals surface area (Å²) >= 11 is 0. The minimum Gasteiger partial charge on any atom is -0.504 e. The normalized spacial score (nSPS) is 12.4. The summed E-state index contributed by atoms with van der Waals surface area (Å²) in [7, 11) is 0. The van der Waals surface area contributed by atoms with Crippen molar-refractivity contribution in [2.45, 2.75) is 97.0 Å². The van der Waals surface area contributed by atoms with Gasteiger partial charge in [0.1, 0.15) is 0 Å². The second kappa shape index (κ2) is 15.0. The number of aromatic hydroxyl groups is 2. The van der Waals surface area contributed by atoms with Gasteiger partial charge in [0.05, 0.1) is 6.10 Å². The zero-order valence-corrected chi connectivity index (χ0v) is 17.7. The smallest absolute Gasteiger partial charge is 0.331 e. The Balaban J connectivity index is 2.05. The Bertz CT molecular complexity index is 580. The molecular weight excluding hydrogens is 352 g/mol. The van der Waals surface area contributed by atoms with Gasteiger partial charge in [-0.15, -0.1) is 0 Å². The first-order valence-corrected chi connectivity index (χ1v) is 10.9. The number of hydrogen-bond donors (Lipinski definition) is 2. The lowest BCUT2D eigenvalue weighted by atomic mass is 10.0. The second-order valence-electron chi connectivity index (χ2n) is 7.65. The lowest BCUT2D eigenvalue weighted by molar-refractivity contribution is -0.142. The first-order chi connectivity index (χ1) is 13.5. The van der Waals surface area contributed by atoms with E-state index in [2.05, 4.69) is 6.92 Å². The predicted molar refractivity (Wildman–Crippen MR) is 115 cm³/mol. The number of carbonyl (C=O) groups is 1. The molecule has 28 heavy (non-hydrogen) atoms. The van der Waals surface area contributed by atoms with Crippen LogP contribution >= 0.6 is 0 Å². The number of esters is 1. The van der Waals surface area contributed by atoms with E-state index in [9.17, 15) is 15.0 Å². The van der Waals surface area contributed by atoms with Crippen LogP contribution in [0.4, 0.5) is 0 Å². The summed E-state index contributed by atoms with van der Waals surface area (Å²) in [5.41, 5.74) is 0.630. The van der Waals surface area contributed by atoms with Crippen molar-refractivity contribution in [1.29, 1.82) is 0 Å². The number of phenolic OH excluding ortho intramolecular Hbond substituents is 2. The molecule has 1 aromatic rings. The van der Waals surface area contributed by atoms with E-state index in [1.807, 2.05) is 6.92 Å². The van der Waals surface area contributed by atoms with Crippen LogP contribution in [0.3, 0.4) is 0 Å². The molecule has 0 bridgehead atoms. The van der Waals surface area contributed by atoms with E-state index in [1.54, 1.807) is 12.1 Å². The van der Waals surface area contributed by atoms with E-state index >= 15 is 0 Å². The molecule has 0 fully saturated rings. The number of carbonyl (C=O) groups excluding carboxylic acids is 1. The number of phenols is 2. The summed E-state index contributed by atoms with van der Waals surface area (Å²) < 4.78 is 5.38. The standard InChI is InChI=1S/C24H38O4/c1-3-4-5-6-7-8-9-10-11-12-13-14-20(2)28-24(27)18-16-21-15-17-22(25)23(26)19-21/h15-20,25-26H,3-14H2,1-2H3. The molecule has 1 unspecified atom stereocenters. The fourth-order valence-electron chi connectivity index (χ4n) is 3.20. The maximum Gasteiger partial charge on any atom is 0.331 e. The molecule has 1 rings (SSSR count). The van der Waals surface area contributed by atoms with Gasteiger partial charge in [-0.1, -0.05) is 77.2 Å². The molecule has 4 nitrogen and oxygen atoms in total. The molecule has 158 valence electrons. The Labute approximate surface area is 170 Å². The minimum absolute atomic E-state index is 0.0936. The number of rotatable bonds is 15. The maximum atomic E-state index is 11.9. The third-order valence-electron chi connectivity index (χ3n) is 4.94. The fourth-order valence-corrected chi connectivity index (χ4v) is 3.20. The van der Waals surface area contributed by atoms with E-state index in [0.717, 1.165) is 12.8 Å². The summed E-state index contributed by atoms with van der Waals surface area (Å²) in [6.45, 7) is 4.18. The average molecular weight is 391 g/mol. The summed E-state index contributed by atoms with van der Waals surface area (Å²) in [5, 5.41) is 18.7. The zero-order valence-electron chi connectivity index (χ0n) is 17.7. The van der Waals surface area contributed by atoms with Crippen LogP contribution in [0.15, 0.2) is 24.3 Å². The van der Waals surface area contributed by atoms with Crippen molar-refractivity contribution in [2.24, 2.45) is 0 Å². The molecule has 0 aliphatic carbocycles. The molecule has 4 heteroatoms. The topological polar surface area (TPSA) is 66.8 Å². The van der Waals surface area contributed by atoms with Crippen molar-refractivity contribution in [3.8, 4) is 11.5 Å². The zero-order chi connectivity index (χ0) is 20.6. The van der Waals surface area contributed by atoms with E-state index in [-0.39, 0.29) is 23.6 Å². The van der Waals surface area contributed by atoms with Crippen LogP contribution in [0.25, 0.3) is 6.08 Å². The summed E-state index contributed by atoms with van der Waals surface area (Å²) in [4.78, 5) is 11.9. The van der Waals surface area contributed by atoms with Crippen molar-refractivity contribution in [2.75, 3.05) is 0 Å². The van der Waals surface area contributed by atoms with Crippen LogP contribution in [0.5, 0.6) is 11.5 Å². The Morgan fingerprint density at radius 2 is 1.50 bits per heavy atom. The van der Waals surface area contributed by atoms with E-state index < -0.39 is 0 Å². The van der Waals surface area contributed by atoms with Crippen LogP contribution < -0.4 is 0 Å². The quantitative estimate of drug-likeness (QED) is 0.150. The average Bonchev–Trinajstić information content (AvgIpc) is 2.67. The molecule has 0 saturated carbocycles. The van der Waals surface area contributed by atoms with E-state index in [0.29, 0.717) is 5.56 Å². The molecule has 0 spiro atoms. The third-order valence-corrected chi connectivity index (χ3v) is 4.94. The predicted octanol–water partition coefficient (Wildman–Crippen LogP) is 6.74. The van der Waals surface area contributed by atoms with Gasteiger partial charge >= 0.3 is 5.97 Å². The lowest BCUT2D eigenvalue weighted by Gasteiger charge is -2.11. The molecule has 0 aliphatic rings. The molecule has 0 amide bonds. The van der Waals surface area contributed by atoms with Crippen LogP contribution in [0.2, 0.25) is 0 Å². The minimum atomic E-state index is -0.386. The van der Waals surface area contributed by atoms with Gasteiger partial charge < -0.3 is 14.9 Å². The number of unbranched alkanes of at least 4 members (excludes halogenated alkanes) is 10. The van der Waals surface area contributed by atoms with Crippen molar-refractivity contribution in [3.05, 3.63) is 29.8 Å². The highest BCUT2D eigenvalue weighted by Gasteiger charge is 2.07. The number of hydrogen-bond acceptors (Lipinski definition) is 4. The molecule has 0 heterocycles. The first kappa shape index (κ1) is 24.1. The summed E-state index contributed by atoms with van der Waals surface area (Å²) in [6.07, 6.45) is 18.1. The third kappa shape index (κ3) is 11.7. The van der Waals surface area contributed by atoms with Crippen molar-refractivity contribution < 1.29 is 19.7 Å². The SMILES string of the molecule is CCCCCCCCCCCCCC(C)OC(=O)C=Cc1ccc(O)c(O)c1. The largest absolute Gasteiger partial charge is 0.504 e. The van der Waals surface area contributed by atoms with Gasteiger partial charge in [-0.05, 0) is 43.5 Å². The molecule has 0 saturated heterocycles.